The van der Waals surface area contributed by atoms with Gasteiger partial charge >= 0.3 is 0 Å². The van der Waals surface area contributed by atoms with Gasteiger partial charge in [0.25, 0.3) is 11.8 Å². The molecular weight excluding hydrogens is 350 g/mol. The van der Waals surface area contributed by atoms with Crippen molar-refractivity contribution < 1.29 is 14.4 Å². The van der Waals surface area contributed by atoms with Gasteiger partial charge in [0, 0.05) is 16.3 Å². The average molecular weight is 371 g/mol. The van der Waals surface area contributed by atoms with Crippen molar-refractivity contribution in [2.45, 2.75) is 18.7 Å². The molecule has 7 heteroatoms. The lowest BCUT2D eigenvalue weighted by atomic mass is 10.1. The second-order valence-corrected chi connectivity index (χ2v) is 6.48. The number of hydrogen-bond acceptors (Lipinski definition) is 5. The summed E-state index contributed by atoms with van der Waals surface area (Å²) in [5.74, 6) is -0.778. The number of rotatable bonds is 7. The van der Waals surface area contributed by atoms with Crippen molar-refractivity contribution in [1.82, 2.24) is 0 Å². The first-order valence-corrected chi connectivity index (χ1v) is 9.18. The Bertz CT molecular complexity index is 821. The summed E-state index contributed by atoms with van der Waals surface area (Å²) < 4.78 is 0. The van der Waals surface area contributed by atoms with Crippen LogP contribution in [-0.4, -0.2) is 30.9 Å². The molecule has 0 aromatic heterocycles. The average Bonchev–Trinajstić information content (AvgIpc) is 2.61. The predicted octanol–water partition coefficient (Wildman–Crippen LogP) is 3.60. The Kier molecular flexibility index (Phi) is 7.23. The summed E-state index contributed by atoms with van der Waals surface area (Å²) in [6, 6.07) is 13.2. The van der Waals surface area contributed by atoms with Crippen LogP contribution in [0.1, 0.15) is 11.1 Å². The van der Waals surface area contributed by atoms with Crippen molar-refractivity contribution in [2.75, 3.05) is 23.5 Å². The van der Waals surface area contributed by atoms with Crippen LogP contribution in [0.4, 0.5) is 11.4 Å². The van der Waals surface area contributed by atoms with E-state index in [0.717, 1.165) is 22.2 Å². The SMILES string of the molecule is CSc1cccc(NC(=O)CO/N=C\C(=O)Nc2ccc(C)cc2C)c1. The second-order valence-electron chi connectivity index (χ2n) is 5.60. The van der Waals surface area contributed by atoms with E-state index < -0.39 is 5.91 Å². The zero-order valence-electron chi connectivity index (χ0n) is 14.9. The minimum atomic E-state index is -0.426. The highest BCUT2D eigenvalue weighted by Gasteiger charge is 2.05. The van der Waals surface area contributed by atoms with Gasteiger partial charge in [0.15, 0.2) is 6.61 Å². The monoisotopic (exact) mass is 371 g/mol. The van der Waals surface area contributed by atoms with E-state index in [2.05, 4.69) is 15.8 Å². The molecule has 0 aliphatic rings. The highest BCUT2D eigenvalue weighted by molar-refractivity contribution is 7.98. The largest absolute Gasteiger partial charge is 0.385 e. The number of hydrogen-bond donors (Lipinski definition) is 2. The highest BCUT2D eigenvalue weighted by Crippen LogP contribution is 2.19. The Balaban J connectivity index is 1.77. The lowest BCUT2D eigenvalue weighted by Gasteiger charge is -2.07. The molecule has 2 rings (SSSR count). The van der Waals surface area contributed by atoms with Crippen LogP contribution in [-0.2, 0) is 14.4 Å². The van der Waals surface area contributed by atoms with Gasteiger partial charge in [0.2, 0.25) is 0 Å². The Morgan fingerprint density at radius 3 is 2.69 bits per heavy atom. The molecule has 0 fully saturated rings. The summed E-state index contributed by atoms with van der Waals surface area (Å²) in [6.45, 7) is 3.61. The Hall–Kier alpha value is -2.80. The third-order valence-corrected chi connectivity index (χ3v) is 4.16. The first-order chi connectivity index (χ1) is 12.5. The Morgan fingerprint density at radius 2 is 1.96 bits per heavy atom. The van der Waals surface area contributed by atoms with Crippen LogP contribution in [0, 0.1) is 13.8 Å². The zero-order valence-corrected chi connectivity index (χ0v) is 15.7. The molecule has 0 atom stereocenters. The van der Waals surface area contributed by atoms with Crippen LogP contribution < -0.4 is 10.6 Å². The van der Waals surface area contributed by atoms with Crippen LogP contribution in [0.2, 0.25) is 0 Å². The topological polar surface area (TPSA) is 79.8 Å². The third kappa shape index (κ3) is 6.25. The van der Waals surface area contributed by atoms with Gasteiger partial charge in [-0.2, -0.15) is 0 Å². The number of thioether (sulfide) groups is 1. The lowest BCUT2D eigenvalue weighted by molar-refractivity contribution is -0.120. The molecule has 2 amide bonds. The molecule has 6 nitrogen and oxygen atoms in total. The number of nitrogens with zero attached hydrogens (tertiary/aromatic N) is 1. The summed E-state index contributed by atoms with van der Waals surface area (Å²) in [7, 11) is 0. The standard InChI is InChI=1S/C19H21N3O3S/c1-13-7-8-17(14(2)9-13)22-18(23)11-20-25-12-19(24)21-15-5-4-6-16(10-15)26-3/h4-11H,12H2,1-3H3,(H,21,24)(H,22,23)/b20-11-. The van der Waals surface area contributed by atoms with E-state index in [0.29, 0.717) is 11.4 Å². The molecule has 2 aromatic carbocycles. The van der Waals surface area contributed by atoms with Gasteiger partial charge in [-0.15, -0.1) is 11.8 Å². The van der Waals surface area contributed by atoms with Crippen molar-refractivity contribution in [1.29, 1.82) is 0 Å². The Morgan fingerprint density at radius 1 is 1.15 bits per heavy atom. The van der Waals surface area contributed by atoms with E-state index in [-0.39, 0.29) is 12.5 Å². The van der Waals surface area contributed by atoms with Crippen LogP contribution in [0.5, 0.6) is 0 Å². The number of oxime groups is 1. The van der Waals surface area contributed by atoms with Gasteiger partial charge < -0.3 is 15.5 Å². The number of anilines is 2. The van der Waals surface area contributed by atoms with Crippen LogP contribution in [0.15, 0.2) is 52.5 Å². The van der Waals surface area contributed by atoms with Crippen LogP contribution >= 0.6 is 11.8 Å². The fourth-order valence-electron chi connectivity index (χ4n) is 2.20. The van der Waals surface area contributed by atoms with E-state index in [9.17, 15) is 9.59 Å². The van der Waals surface area contributed by atoms with Crippen molar-refractivity contribution in [2.24, 2.45) is 5.16 Å². The van der Waals surface area contributed by atoms with Gasteiger partial charge in [-0.05, 0) is 49.9 Å². The van der Waals surface area contributed by atoms with Crippen molar-refractivity contribution in [3.8, 4) is 0 Å². The number of nitrogens with one attached hydrogen (secondary N) is 2. The fraction of sp³-hybridized carbons (Fsp3) is 0.211. The Labute approximate surface area is 157 Å². The number of carbonyl (C=O) groups is 2. The number of aryl methyl sites for hydroxylation is 2. The van der Waals surface area contributed by atoms with Crippen LogP contribution in [0.25, 0.3) is 0 Å². The molecule has 0 radical (unpaired) electrons. The summed E-state index contributed by atoms with van der Waals surface area (Å²) in [5.41, 5.74) is 3.46. The van der Waals surface area contributed by atoms with E-state index in [1.54, 1.807) is 17.8 Å². The third-order valence-electron chi connectivity index (χ3n) is 3.43. The molecule has 0 heterocycles. The van der Waals surface area contributed by atoms with Gasteiger partial charge in [0.1, 0.15) is 6.21 Å². The minimum absolute atomic E-state index is 0.281. The second kappa shape index (κ2) is 9.62. The molecule has 0 saturated heterocycles. The molecule has 0 aliphatic carbocycles. The van der Waals surface area contributed by atoms with Crippen molar-refractivity contribution in [3.05, 3.63) is 53.6 Å². The summed E-state index contributed by atoms with van der Waals surface area (Å²) in [6.07, 6.45) is 2.96. The molecular formula is C19H21N3O3S. The molecule has 0 spiro atoms. The predicted molar refractivity (Wildman–Crippen MR) is 106 cm³/mol. The maximum Gasteiger partial charge on any atom is 0.270 e. The normalized spacial score (nSPS) is 10.6. The molecule has 0 aliphatic heterocycles. The summed E-state index contributed by atoms with van der Waals surface area (Å²) >= 11 is 1.59. The fourth-order valence-corrected chi connectivity index (χ4v) is 2.66. The molecule has 2 N–H and O–H groups in total. The van der Waals surface area contributed by atoms with E-state index >= 15 is 0 Å². The quantitative estimate of drug-likeness (QED) is 0.443. The summed E-state index contributed by atoms with van der Waals surface area (Å²) in [5, 5.41) is 8.94. The van der Waals surface area contributed by atoms with E-state index in [1.165, 1.54) is 0 Å². The zero-order chi connectivity index (χ0) is 18.9. The van der Waals surface area contributed by atoms with Gasteiger partial charge in [-0.3, -0.25) is 9.59 Å². The summed E-state index contributed by atoms with van der Waals surface area (Å²) in [4.78, 5) is 29.5. The van der Waals surface area contributed by atoms with Gasteiger partial charge in [-0.1, -0.05) is 28.9 Å². The number of amides is 2. The number of benzene rings is 2. The number of carbonyl (C=O) groups excluding carboxylic acids is 2. The van der Waals surface area contributed by atoms with Crippen LogP contribution in [0.3, 0.4) is 0 Å². The highest BCUT2D eigenvalue weighted by atomic mass is 32.2. The van der Waals surface area contributed by atoms with Gasteiger partial charge in [0.05, 0.1) is 0 Å². The van der Waals surface area contributed by atoms with E-state index in [4.69, 9.17) is 4.84 Å². The molecule has 0 unspecified atom stereocenters. The maximum atomic E-state index is 11.8. The van der Waals surface area contributed by atoms with E-state index in [1.807, 2.05) is 56.5 Å². The van der Waals surface area contributed by atoms with Crippen molar-refractivity contribution >= 4 is 41.2 Å². The first-order valence-electron chi connectivity index (χ1n) is 7.95. The lowest BCUT2D eigenvalue weighted by Crippen LogP contribution is -2.18. The van der Waals surface area contributed by atoms with Gasteiger partial charge in [-0.25, -0.2) is 0 Å². The molecule has 136 valence electrons. The smallest absolute Gasteiger partial charge is 0.270 e. The minimum Gasteiger partial charge on any atom is -0.385 e. The maximum absolute atomic E-state index is 11.8. The molecule has 0 bridgehead atoms. The molecule has 2 aromatic rings. The molecule has 26 heavy (non-hydrogen) atoms. The first kappa shape index (κ1) is 19.5. The van der Waals surface area contributed by atoms with Crippen molar-refractivity contribution in [3.63, 3.8) is 0 Å². The molecule has 0 saturated carbocycles.